The molecule has 0 bridgehead atoms. The number of rotatable bonds is 6. The number of ether oxygens (including phenoxy) is 1. The highest BCUT2D eigenvalue weighted by Crippen LogP contribution is 2.22. The quantitative estimate of drug-likeness (QED) is 0.492. The summed E-state index contributed by atoms with van der Waals surface area (Å²) in [5.41, 5.74) is 2.33. The Bertz CT molecular complexity index is 470. The number of thioether (sulfide) groups is 1. The van der Waals surface area contributed by atoms with Crippen molar-refractivity contribution >= 4 is 17.7 Å². The Morgan fingerprint density at radius 2 is 1.85 bits per heavy atom. The molecule has 20 heavy (non-hydrogen) atoms. The van der Waals surface area contributed by atoms with Gasteiger partial charge in [0.25, 0.3) is 0 Å². The minimum atomic E-state index is -0.732. The molecular weight excluding hydrogens is 274 g/mol. The van der Waals surface area contributed by atoms with E-state index in [4.69, 9.17) is 4.74 Å². The minimum absolute atomic E-state index is 0.271. The summed E-state index contributed by atoms with van der Waals surface area (Å²) in [5, 5.41) is 3.86. The Hall–Kier alpha value is -1.14. The number of methoxy groups -OCH3 is 1. The molecule has 0 amide bonds. The molecule has 1 N–H and O–H groups in total. The van der Waals surface area contributed by atoms with Crippen LogP contribution in [0.25, 0.3) is 0 Å². The maximum atomic E-state index is 11.9. The van der Waals surface area contributed by atoms with Crippen LogP contribution in [0.5, 0.6) is 0 Å². The van der Waals surface area contributed by atoms with Crippen LogP contribution in [0.3, 0.4) is 0 Å². The number of hydrogen-bond donors (Lipinski definition) is 1. The van der Waals surface area contributed by atoms with E-state index in [0.717, 1.165) is 17.0 Å². The number of carbonyl (C=O) groups excluding carboxylic acids is 1. The summed E-state index contributed by atoms with van der Waals surface area (Å²) >= 11 is 1.46. The van der Waals surface area contributed by atoms with Crippen molar-refractivity contribution in [2.45, 2.75) is 45.3 Å². The van der Waals surface area contributed by atoms with E-state index >= 15 is 0 Å². The topological polar surface area (TPSA) is 64.1 Å². The van der Waals surface area contributed by atoms with E-state index in [1.807, 2.05) is 34.6 Å². The molecule has 0 radical (unpaired) electrons. The van der Waals surface area contributed by atoms with E-state index in [0.29, 0.717) is 17.5 Å². The second kappa shape index (κ2) is 7.04. The molecule has 1 unspecified atom stereocenters. The molecule has 1 atom stereocenters. The predicted molar refractivity (Wildman–Crippen MR) is 81.1 cm³/mol. The van der Waals surface area contributed by atoms with Crippen LogP contribution in [0.2, 0.25) is 0 Å². The summed E-state index contributed by atoms with van der Waals surface area (Å²) in [6.45, 7) is 10.4. The maximum Gasteiger partial charge on any atom is 0.326 e. The Labute approximate surface area is 124 Å². The zero-order valence-electron chi connectivity index (χ0n) is 13.0. The summed E-state index contributed by atoms with van der Waals surface area (Å²) < 4.78 is 4.87. The number of esters is 1. The Balaban J connectivity index is 2.85. The van der Waals surface area contributed by atoms with E-state index in [-0.39, 0.29) is 5.97 Å². The molecule has 0 aromatic carbocycles. The van der Waals surface area contributed by atoms with Crippen LogP contribution in [0.4, 0.5) is 0 Å². The van der Waals surface area contributed by atoms with Crippen molar-refractivity contribution in [3.05, 3.63) is 17.0 Å². The number of carbonyl (C=O) groups is 1. The average molecular weight is 297 g/mol. The molecule has 0 saturated heterocycles. The first kappa shape index (κ1) is 16.9. The number of likely N-dealkylation sites (N-methyl/N-ethyl adjacent to an activating group) is 1. The number of nitrogens with one attached hydrogen (secondary N) is 1. The zero-order valence-corrected chi connectivity index (χ0v) is 13.8. The van der Waals surface area contributed by atoms with Gasteiger partial charge in [0.1, 0.15) is 5.54 Å². The van der Waals surface area contributed by atoms with Crippen molar-refractivity contribution in [2.75, 3.05) is 19.4 Å². The highest BCUT2D eigenvalue weighted by Gasteiger charge is 2.33. The summed E-state index contributed by atoms with van der Waals surface area (Å²) in [6, 6.07) is 0. The monoisotopic (exact) mass is 297 g/mol. The van der Waals surface area contributed by atoms with E-state index in [9.17, 15) is 4.79 Å². The van der Waals surface area contributed by atoms with Gasteiger partial charge in [-0.2, -0.15) is 0 Å². The highest BCUT2D eigenvalue weighted by atomic mass is 32.2. The van der Waals surface area contributed by atoms with Crippen LogP contribution in [0.1, 0.15) is 30.8 Å². The van der Waals surface area contributed by atoms with Gasteiger partial charge >= 0.3 is 5.97 Å². The lowest BCUT2D eigenvalue weighted by molar-refractivity contribution is -0.146. The molecule has 0 aliphatic carbocycles. The molecule has 112 valence electrons. The minimum Gasteiger partial charge on any atom is -0.468 e. The van der Waals surface area contributed by atoms with Crippen molar-refractivity contribution in [1.29, 1.82) is 0 Å². The Kier molecular flexibility index (Phi) is 5.95. The van der Waals surface area contributed by atoms with Crippen LogP contribution in [0, 0.1) is 20.8 Å². The summed E-state index contributed by atoms with van der Waals surface area (Å²) in [7, 11) is 1.40. The largest absolute Gasteiger partial charge is 0.468 e. The third-order valence-electron chi connectivity index (χ3n) is 3.30. The molecule has 1 heterocycles. The molecule has 6 heteroatoms. The van der Waals surface area contributed by atoms with E-state index in [2.05, 4.69) is 15.3 Å². The van der Waals surface area contributed by atoms with Crippen LogP contribution in [-0.4, -0.2) is 40.9 Å². The van der Waals surface area contributed by atoms with Gasteiger partial charge in [0.15, 0.2) is 5.16 Å². The normalized spacial score (nSPS) is 13.9. The molecule has 5 nitrogen and oxygen atoms in total. The van der Waals surface area contributed by atoms with Gasteiger partial charge in [-0.05, 0) is 39.8 Å². The fourth-order valence-electron chi connectivity index (χ4n) is 1.81. The number of aryl methyl sites for hydroxylation is 2. The molecule has 1 rings (SSSR count). The van der Waals surface area contributed by atoms with Crippen LogP contribution in [0.15, 0.2) is 5.16 Å². The molecular formula is C14H23N3O2S. The second-order valence-electron chi connectivity index (χ2n) is 4.94. The SMILES string of the molecule is CCNC(C)(CSc1nc(C)c(C)c(C)n1)C(=O)OC. The fourth-order valence-corrected chi connectivity index (χ4v) is 2.85. The maximum absolute atomic E-state index is 11.9. The lowest BCUT2D eigenvalue weighted by Gasteiger charge is -2.26. The molecule has 0 spiro atoms. The van der Waals surface area contributed by atoms with Crippen molar-refractivity contribution < 1.29 is 9.53 Å². The summed E-state index contributed by atoms with van der Waals surface area (Å²) in [4.78, 5) is 20.8. The Morgan fingerprint density at radius 3 is 2.30 bits per heavy atom. The lowest BCUT2D eigenvalue weighted by Crippen LogP contribution is -2.52. The van der Waals surface area contributed by atoms with E-state index in [1.165, 1.54) is 18.9 Å². The van der Waals surface area contributed by atoms with Gasteiger partial charge in [0.05, 0.1) is 7.11 Å². The van der Waals surface area contributed by atoms with Crippen molar-refractivity contribution in [3.63, 3.8) is 0 Å². The second-order valence-corrected chi connectivity index (χ2v) is 5.89. The van der Waals surface area contributed by atoms with Gasteiger partial charge < -0.3 is 10.1 Å². The third kappa shape index (κ3) is 3.93. The van der Waals surface area contributed by atoms with Gasteiger partial charge in [-0.15, -0.1) is 0 Å². The first-order valence-corrected chi connectivity index (χ1v) is 7.60. The first-order chi connectivity index (χ1) is 9.34. The van der Waals surface area contributed by atoms with Crippen LogP contribution in [-0.2, 0) is 9.53 Å². The molecule has 0 aliphatic heterocycles. The van der Waals surface area contributed by atoms with Gasteiger partial charge in [-0.1, -0.05) is 18.7 Å². The molecule has 0 aliphatic rings. The lowest BCUT2D eigenvalue weighted by atomic mass is 10.1. The smallest absolute Gasteiger partial charge is 0.326 e. The highest BCUT2D eigenvalue weighted by molar-refractivity contribution is 7.99. The fraction of sp³-hybridized carbons (Fsp3) is 0.643. The van der Waals surface area contributed by atoms with E-state index in [1.54, 1.807) is 0 Å². The van der Waals surface area contributed by atoms with Crippen LogP contribution >= 0.6 is 11.8 Å². The number of nitrogens with zero attached hydrogens (tertiary/aromatic N) is 2. The van der Waals surface area contributed by atoms with Gasteiger partial charge in [0, 0.05) is 17.1 Å². The summed E-state index contributed by atoms with van der Waals surface area (Å²) in [5.74, 6) is 0.252. The summed E-state index contributed by atoms with van der Waals surface area (Å²) in [6.07, 6.45) is 0. The zero-order chi connectivity index (χ0) is 15.3. The first-order valence-electron chi connectivity index (χ1n) is 6.62. The number of aromatic nitrogens is 2. The van der Waals surface area contributed by atoms with Gasteiger partial charge in [-0.3, -0.25) is 4.79 Å². The van der Waals surface area contributed by atoms with Crippen LogP contribution < -0.4 is 5.32 Å². The van der Waals surface area contributed by atoms with Gasteiger partial charge in [0.2, 0.25) is 0 Å². The third-order valence-corrected chi connectivity index (χ3v) is 4.47. The number of hydrogen-bond acceptors (Lipinski definition) is 6. The molecule has 0 fully saturated rings. The molecule has 1 aromatic heterocycles. The van der Waals surface area contributed by atoms with Crippen molar-refractivity contribution in [2.24, 2.45) is 0 Å². The van der Waals surface area contributed by atoms with Gasteiger partial charge in [-0.25, -0.2) is 9.97 Å². The molecule has 0 saturated carbocycles. The average Bonchev–Trinajstić information content (AvgIpc) is 2.41. The standard InChI is InChI=1S/C14H23N3O2S/c1-7-15-14(5,12(18)19-6)8-20-13-16-10(3)9(2)11(4)17-13/h15H,7-8H2,1-6H3. The molecule has 1 aromatic rings. The van der Waals surface area contributed by atoms with E-state index < -0.39 is 5.54 Å². The predicted octanol–water partition coefficient (Wildman–Crippen LogP) is 2.04. The van der Waals surface area contributed by atoms with Crippen molar-refractivity contribution in [1.82, 2.24) is 15.3 Å². The van der Waals surface area contributed by atoms with Crippen molar-refractivity contribution in [3.8, 4) is 0 Å². The Morgan fingerprint density at radius 1 is 1.30 bits per heavy atom.